The van der Waals surface area contributed by atoms with Crippen molar-refractivity contribution in [3.05, 3.63) is 53.1 Å². The van der Waals surface area contributed by atoms with E-state index in [1.54, 1.807) is 6.07 Å². The van der Waals surface area contributed by atoms with Gasteiger partial charge in [0.25, 0.3) is 0 Å². The summed E-state index contributed by atoms with van der Waals surface area (Å²) < 4.78 is 11.1. The van der Waals surface area contributed by atoms with Crippen molar-refractivity contribution in [3.63, 3.8) is 0 Å². The zero-order valence-electron chi connectivity index (χ0n) is 16.0. The first-order valence-corrected chi connectivity index (χ1v) is 10.2. The van der Waals surface area contributed by atoms with Crippen molar-refractivity contribution in [2.75, 3.05) is 31.6 Å². The lowest BCUT2D eigenvalue weighted by atomic mass is 9.95. The molecule has 2 aromatic carbocycles. The number of likely N-dealkylation sites (tertiary alicyclic amines) is 1. The lowest BCUT2D eigenvalue weighted by molar-refractivity contribution is -0.133. The normalized spacial score (nSPS) is 16.4. The van der Waals surface area contributed by atoms with Gasteiger partial charge in [0.05, 0.1) is 11.4 Å². The van der Waals surface area contributed by atoms with Crippen LogP contribution in [0.4, 0.5) is 5.69 Å². The van der Waals surface area contributed by atoms with Gasteiger partial charge in [-0.2, -0.15) is 0 Å². The smallest absolute Gasteiger partial charge is 0.227 e. The van der Waals surface area contributed by atoms with Crippen LogP contribution in [0.1, 0.15) is 18.4 Å². The molecule has 2 aliphatic heterocycles. The van der Waals surface area contributed by atoms with Crippen LogP contribution in [-0.2, 0) is 16.0 Å². The van der Waals surface area contributed by atoms with Crippen molar-refractivity contribution in [1.29, 1.82) is 0 Å². The Morgan fingerprint density at radius 1 is 1.07 bits per heavy atom. The van der Waals surface area contributed by atoms with Crippen LogP contribution in [0.15, 0.2) is 42.5 Å². The fraction of sp³-hybridized carbons (Fsp3) is 0.364. The van der Waals surface area contributed by atoms with Crippen LogP contribution in [0.3, 0.4) is 0 Å². The number of nitrogens with zero attached hydrogens (tertiary/aromatic N) is 1. The number of hydrogen-bond acceptors (Lipinski definition) is 4. The van der Waals surface area contributed by atoms with Gasteiger partial charge in [0.1, 0.15) is 13.2 Å². The van der Waals surface area contributed by atoms with E-state index in [-0.39, 0.29) is 24.2 Å². The van der Waals surface area contributed by atoms with Crippen molar-refractivity contribution >= 4 is 29.1 Å². The highest BCUT2D eigenvalue weighted by molar-refractivity contribution is 6.32. The van der Waals surface area contributed by atoms with Crippen LogP contribution in [0.5, 0.6) is 11.5 Å². The van der Waals surface area contributed by atoms with Crippen LogP contribution in [0.2, 0.25) is 5.02 Å². The van der Waals surface area contributed by atoms with Gasteiger partial charge in [0.2, 0.25) is 11.8 Å². The molecule has 0 spiro atoms. The monoisotopic (exact) mass is 414 g/mol. The molecule has 0 saturated carbocycles. The second kappa shape index (κ2) is 8.74. The fourth-order valence-corrected chi connectivity index (χ4v) is 4.00. The average Bonchev–Trinajstić information content (AvgIpc) is 2.74. The molecule has 2 aromatic rings. The number of halogens is 1. The molecule has 4 rings (SSSR count). The van der Waals surface area contributed by atoms with E-state index in [1.165, 1.54) is 0 Å². The van der Waals surface area contributed by atoms with Crippen LogP contribution in [0, 0.1) is 5.92 Å². The van der Waals surface area contributed by atoms with Crippen LogP contribution in [0.25, 0.3) is 0 Å². The number of para-hydroxylation sites is 1. The number of nitrogens with one attached hydrogen (secondary N) is 1. The van der Waals surface area contributed by atoms with Gasteiger partial charge < -0.3 is 19.7 Å². The minimum Gasteiger partial charge on any atom is -0.486 e. The number of piperidine rings is 1. The van der Waals surface area contributed by atoms with E-state index in [2.05, 4.69) is 5.32 Å². The standard InChI is InChI=1S/C22H23ClN2O4/c23-18-12-15(13-19-21(18)29-11-10-28-19)14-20(26)25-8-6-16(7-9-25)22(27)24-17-4-2-1-3-5-17/h1-5,12-13,16H,6-11,14H2,(H,24,27). The van der Waals surface area contributed by atoms with Crippen molar-refractivity contribution < 1.29 is 19.1 Å². The summed E-state index contributed by atoms with van der Waals surface area (Å²) in [6.45, 7) is 2.09. The molecule has 2 amide bonds. The third-order valence-electron chi connectivity index (χ3n) is 5.27. The van der Waals surface area contributed by atoms with E-state index < -0.39 is 0 Å². The Morgan fingerprint density at radius 2 is 1.79 bits per heavy atom. The van der Waals surface area contributed by atoms with E-state index in [4.69, 9.17) is 21.1 Å². The number of benzene rings is 2. The fourth-order valence-electron chi connectivity index (χ4n) is 3.71. The van der Waals surface area contributed by atoms with Crippen molar-refractivity contribution in [2.45, 2.75) is 19.3 Å². The summed E-state index contributed by atoms with van der Waals surface area (Å²) in [5.74, 6) is 1.09. The molecule has 0 aliphatic carbocycles. The Kier molecular flexibility index (Phi) is 5.90. The van der Waals surface area contributed by atoms with E-state index in [9.17, 15) is 9.59 Å². The Hall–Kier alpha value is -2.73. The Morgan fingerprint density at radius 3 is 2.55 bits per heavy atom. The SMILES string of the molecule is O=C(Nc1ccccc1)C1CCN(C(=O)Cc2cc(Cl)c3c(c2)OCCO3)CC1. The molecule has 29 heavy (non-hydrogen) atoms. The van der Waals surface area contributed by atoms with Crippen LogP contribution < -0.4 is 14.8 Å². The summed E-state index contributed by atoms with van der Waals surface area (Å²) in [5, 5.41) is 3.41. The molecule has 0 atom stereocenters. The molecule has 1 fully saturated rings. The van der Waals surface area contributed by atoms with Gasteiger partial charge in [0, 0.05) is 24.7 Å². The summed E-state index contributed by atoms with van der Waals surface area (Å²) in [7, 11) is 0. The molecule has 2 aliphatic rings. The molecule has 0 aromatic heterocycles. The third-order valence-corrected chi connectivity index (χ3v) is 5.55. The third kappa shape index (κ3) is 4.65. The number of rotatable bonds is 4. The summed E-state index contributed by atoms with van der Waals surface area (Å²) in [5.41, 5.74) is 1.60. The molecular formula is C22H23ClN2O4. The molecular weight excluding hydrogens is 392 g/mol. The molecule has 1 N–H and O–H groups in total. The molecule has 0 unspecified atom stereocenters. The van der Waals surface area contributed by atoms with Crippen molar-refractivity contribution in [2.24, 2.45) is 5.92 Å². The highest BCUT2D eigenvalue weighted by Crippen LogP contribution is 2.38. The molecule has 0 radical (unpaired) electrons. The Labute approximate surface area is 174 Å². The second-order valence-corrected chi connectivity index (χ2v) is 7.70. The van der Waals surface area contributed by atoms with Crippen LogP contribution in [-0.4, -0.2) is 43.0 Å². The number of ether oxygens (including phenoxy) is 2. The minimum absolute atomic E-state index is 0.0157. The summed E-state index contributed by atoms with van der Waals surface area (Å²) in [4.78, 5) is 27.0. The van der Waals surface area contributed by atoms with Gasteiger partial charge in [-0.15, -0.1) is 0 Å². The predicted molar refractivity (Wildman–Crippen MR) is 111 cm³/mol. The number of fused-ring (bicyclic) bond motifs is 1. The van der Waals surface area contributed by atoms with Gasteiger partial charge in [-0.1, -0.05) is 29.8 Å². The summed E-state index contributed by atoms with van der Waals surface area (Å²) >= 11 is 6.26. The topological polar surface area (TPSA) is 67.9 Å². The van der Waals surface area contributed by atoms with Crippen molar-refractivity contribution in [3.8, 4) is 11.5 Å². The first-order valence-electron chi connectivity index (χ1n) is 9.82. The molecule has 152 valence electrons. The number of carbonyl (C=O) groups excluding carboxylic acids is 2. The zero-order chi connectivity index (χ0) is 20.2. The number of anilines is 1. The number of hydrogen-bond donors (Lipinski definition) is 1. The summed E-state index contributed by atoms with van der Waals surface area (Å²) in [6.07, 6.45) is 1.57. The Balaban J connectivity index is 1.31. The Bertz CT molecular complexity index is 895. The maximum Gasteiger partial charge on any atom is 0.227 e. The second-order valence-electron chi connectivity index (χ2n) is 7.29. The first kappa shape index (κ1) is 19.6. The average molecular weight is 415 g/mol. The lowest BCUT2D eigenvalue weighted by Crippen LogP contribution is -2.42. The molecule has 0 bridgehead atoms. The molecule has 7 heteroatoms. The largest absolute Gasteiger partial charge is 0.486 e. The quantitative estimate of drug-likeness (QED) is 0.831. The maximum absolute atomic E-state index is 12.7. The van der Waals surface area contributed by atoms with Gasteiger partial charge in [0.15, 0.2) is 11.5 Å². The van der Waals surface area contributed by atoms with E-state index in [0.717, 1.165) is 11.3 Å². The van der Waals surface area contributed by atoms with Crippen molar-refractivity contribution in [1.82, 2.24) is 4.90 Å². The molecule has 1 saturated heterocycles. The first-order chi connectivity index (χ1) is 14.1. The van der Waals surface area contributed by atoms with Gasteiger partial charge in [-0.3, -0.25) is 9.59 Å². The highest BCUT2D eigenvalue weighted by Gasteiger charge is 2.28. The van der Waals surface area contributed by atoms with Gasteiger partial charge in [-0.05, 0) is 42.7 Å². The predicted octanol–water partition coefficient (Wildman–Crippen LogP) is 3.53. The molecule has 2 heterocycles. The molecule has 6 nitrogen and oxygen atoms in total. The van der Waals surface area contributed by atoms with Gasteiger partial charge in [-0.25, -0.2) is 0 Å². The zero-order valence-corrected chi connectivity index (χ0v) is 16.8. The van der Waals surface area contributed by atoms with Crippen LogP contribution >= 0.6 is 11.6 Å². The number of amides is 2. The van der Waals surface area contributed by atoms with E-state index in [0.29, 0.717) is 55.7 Å². The van der Waals surface area contributed by atoms with E-state index in [1.807, 2.05) is 41.3 Å². The number of carbonyl (C=O) groups is 2. The lowest BCUT2D eigenvalue weighted by Gasteiger charge is -2.31. The maximum atomic E-state index is 12.7. The minimum atomic E-state index is -0.0806. The van der Waals surface area contributed by atoms with Gasteiger partial charge >= 0.3 is 0 Å². The van der Waals surface area contributed by atoms with E-state index >= 15 is 0 Å². The highest BCUT2D eigenvalue weighted by atomic mass is 35.5. The summed E-state index contributed by atoms with van der Waals surface area (Å²) in [6, 6.07) is 13.0.